The number of alkyl halides is 4. The van der Waals surface area contributed by atoms with Gasteiger partial charge in [0.2, 0.25) is 0 Å². The van der Waals surface area contributed by atoms with Crippen molar-refractivity contribution < 1.29 is 32.6 Å². The summed E-state index contributed by atoms with van der Waals surface area (Å²) in [5.41, 5.74) is -0.793. The Morgan fingerprint density at radius 2 is 1.95 bits per heavy atom. The van der Waals surface area contributed by atoms with Crippen molar-refractivity contribution in [2.75, 3.05) is 0 Å². The Balaban J connectivity index is 3.38. The second-order valence-electron chi connectivity index (χ2n) is 3.55. The number of rotatable bonds is 4. The van der Waals surface area contributed by atoms with E-state index >= 15 is 0 Å². The van der Waals surface area contributed by atoms with Gasteiger partial charge in [0.05, 0.1) is 4.83 Å². The highest BCUT2D eigenvalue weighted by Crippen LogP contribution is 2.34. The second kappa shape index (κ2) is 5.60. The lowest BCUT2D eigenvalue weighted by atomic mass is 10.0. The smallest absolute Gasteiger partial charge is 0.478 e. The van der Waals surface area contributed by atoms with Gasteiger partial charge in [0.25, 0.3) is 0 Å². The number of carbonyl (C=O) groups is 2. The third-order valence-electron chi connectivity index (χ3n) is 2.13. The zero-order chi connectivity index (χ0) is 14.8. The van der Waals surface area contributed by atoms with E-state index in [0.717, 1.165) is 6.07 Å². The van der Waals surface area contributed by atoms with Crippen LogP contribution >= 0.6 is 15.9 Å². The standard InChI is InChI=1S/C11H8BrF3O4/c1-5(16)9(12)6-3-2-4-7(8(6)10(17)18)19-11(13,14)15/h2-4,9H,1H3,(H,17,18). The number of aromatic carboxylic acids is 1. The maximum Gasteiger partial charge on any atom is 0.573 e. The SMILES string of the molecule is CC(=O)C(Br)c1cccc(OC(F)(F)F)c1C(=O)O. The molecule has 4 nitrogen and oxygen atoms in total. The topological polar surface area (TPSA) is 63.6 Å². The lowest BCUT2D eigenvalue weighted by molar-refractivity contribution is -0.274. The minimum absolute atomic E-state index is 0.0956. The molecule has 0 heterocycles. The summed E-state index contributed by atoms with van der Waals surface area (Å²) in [6, 6.07) is 3.30. The van der Waals surface area contributed by atoms with E-state index in [2.05, 4.69) is 20.7 Å². The molecule has 0 radical (unpaired) electrons. The van der Waals surface area contributed by atoms with E-state index < -0.39 is 34.3 Å². The van der Waals surface area contributed by atoms with Gasteiger partial charge in [-0.05, 0) is 18.6 Å². The van der Waals surface area contributed by atoms with Gasteiger partial charge in [-0.25, -0.2) is 4.79 Å². The van der Waals surface area contributed by atoms with Crippen LogP contribution in [0.5, 0.6) is 5.75 Å². The Morgan fingerprint density at radius 1 is 1.37 bits per heavy atom. The van der Waals surface area contributed by atoms with Crippen LogP contribution in [-0.2, 0) is 4.79 Å². The molecule has 0 aliphatic rings. The molecule has 19 heavy (non-hydrogen) atoms. The lowest BCUT2D eigenvalue weighted by Gasteiger charge is -2.15. The molecule has 0 saturated carbocycles. The maximum absolute atomic E-state index is 12.2. The number of carbonyl (C=O) groups excluding carboxylic acids is 1. The molecule has 1 N–H and O–H groups in total. The van der Waals surface area contributed by atoms with E-state index in [0.29, 0.717) is 0 Å². The normalized spacial score (nSPS) is 12.9. The monoisotopic (exact) mass is 340 g/mol. The molecule has 0 saturated heterocycles. The molecule has 0 spiro atoms. The zero-order valence-corrected chi connectivity index (χ0v) is 11.1. The van der Waals surface area contributed by atoms with Crippen LogP contribution in [0.3, 0.4) is 0 Å². The van der Waals surface area contributed by atoms with E-state index in [1.807, 2.05) is 0 Å². The average Bonchev–Trinajstić information content (AvgIpc) is 2.24. The minimum atomic E-state index is -5.01. The Bertz CT molecular complexity index is 513. The van der Waals surface area contributed by atoms with Gasteiger partial charge in [-0.3, -0.25) is 4.79 Å². The largest absolute Gasteiger partial charge is 0.573 e. The summed E-state index contributed by atoms with van der Waals surface area (Å²) in [6.45, 7) is 1.18. The maximum atomic E-state index is 12.2. The van der Waals surface area contributed by atoms with Gasteiger partial charge in [0, 0.05) is 0 Å². The zero-order valence-electron chi connectivity index (χ0n) is 9.49. The molecule has 0 bridgehead atoms. The lowest BCUT2D eigenvalue weighted by Crippen LogP contribution is -2.20. The van der Waals surface area contributed by atoms with E-state index in [9.17, 15) is 22.8 Å². The van der Waals surface area contributed by atoms with Gasteiger partial charge in [0.15, 0.2) is 0 Å². The fourth-order valence-electron chi connectivity index (χ4n) is 1.42. The predicted octanol–water partition coefficient (Wildman–Crippen LogP) is 3.31. The number of carboxylic acids is 1. The van der Waals surface area contributed by atoms with Crippen LogP contribution in [0.15, 0.2) is 18.2 Å². The summed E-state index contributed by atoms with van der Waals surface area (Å²) < 4.78 is 40.2. The van der Waals surface area contributed by atoms with E-state index in [4.69, 9.17) is 5.11 Å². The van der Waals surface area contributed by atoms with Crippen molar-refractivity contribution in [1.29, 1.82) is 0 Å². The van der Waals surface area contributed by atoms with Crippen molar-refractivity contribution >= 4 is 27.7 Å². The van der Waals surface area contributed by atoms with Crippen LogP contribution in [0.4, 0.5) is 13.2 Å². The number of hydrogen-bond donors (Lipinski definition) is 1. The van der Waals surface area contributed by atoms with Gasteiger partial charge in [-0.1, -0.05) is 28.1 Å². The van der Waals surface area contributed by atoms with Crippen molar-refractivity contribution in [3.63, 3.8) is 0 Å². The minimum Gasteiger partial charge on any atom is -0.478 e. The Kier molecular flexibility index (Phi) is 4.56. The highest BCUT2D eigenvalue weighted by molar-refractivity contribution is 9.09. The summed E-state index contributed by atoms with van der Waals surface area (Å²) in [6.07, 6.45) is -5.01. The third-order valence-corrected chi connectivity index (χ3v) is 3.27. The molecule has 0 aliphatic heterocycles. The quantitative estimate of drug-likeness (QED) is 0.854. The molecule has 0 fully saturated rings. The van der Waals surface area contributed by atoms with Crippen molar-refractivity contribution in [2.24, 2.45) is 0 Å². The highest BCUT2D eigenvalue weighted by Gasteiger charge is 2.34. The molecule has 1 aromatic carbocycles. The van der Waals surface area contributed by atoms with Gasteiger partial charge >= 0.3 is 12.3 Å². The first-order chi connectivity index (χ1) is 8.63. The molecule has 104 valence electrons. The molecule has 0 amide bonds. The fraction of sp³-hybridized carbons (Fsp3) is 0.273. The van der Waals surface area contributed by atoms with E-state index in [1.54, 1.807) is 0 Å². The third kappa shape index (κ3) is 3.95. The number of hydrogen-bond acceptors (Lipinski definition) is 3. The summed E-state index contributed by atoms with van der Waals surface area (Å²) in [7, 11) is 0. The first-order valence-corrected chi connectivity index (χ1v) is 5.81. The highest BCUT2D eigenvalue weighted by atomic mass is 79.9. The van der Waals surface area contributed by atoms with Crippen LogP contribution < -0.4 is 4.74 Å². The molecule has 1 unspecified atom stereocenters. The van der Waals surface area contributed by atoms with Crippen molar-refractivity contribution in [1.82, 2.24) is 0 Å². The summed E-state index contributed by atoms with van der Waals surface area (Å²) >= 11 is 2.93. The Labute approximate surface area is 114 Å². The van der Waals surface area contributed by atoms with Crippen LogP contribution in [0.25, 0.3) is 0 Å². The molecular weight excluding hydrogens is 333 g/mol. The summed E-state index contributed by atoms with van der Waals surface area (Å²) in [5, 5.41) is 8.99. The fourth-order valence-corrected chi connectivity index (χ4v) is 1.80. The van der Waals surface area contributed by atoms with Gasteiger partial charge in [0.1, 0.15) is 17.1 Å². The average molecular weight is 341 g/mol. The number of Topliss-reactive ketones (excluding diaryl/α,β-unsaturated/α-hetero) is 1. The number of benzene rings is 1. The summed E-state index contributed by atoms with van der Waals surface area (Å²) in [4.78, 5) is 21.3. The molecule has 0 aromatic heterocycles. The van der Waals surface area contributed by atoms with Crippen molar-refractivity contribution in [3.8, 4) is 5.75 Å². The number of halogens is 4. The molecule has 0 aliphatic carbocycles. The van der Waals surface area contributed by atoms with Gasteiger partial charge in [-0.15, -0.1) is 13.2 Å². The predicted molar refractivity (Wildman–Crippen MR) is 62.4 cm³/mol. The van der Waals surface area contributed by atoms with Crippen LogP contribution in [0.2, 0.25) is 0 Å². The number of ketones is 1. The molecule has 1 aromatic rings. The van der Waals surface area contributed by atoms with E-state index in [-0.39, 0.29) is 5.56 Å². The Hall–Kier alpha value is -1.57. The molecular formula is C11H8BrF3O4. The van der Waals surface area contributed by atoms with Crippen LogP contribution in [0, 0.1) is 0 Å². The van der Waals surface area contributed by atoms with Crippen molar-refractivity contribution in [3.05, 3.63) is 29.3 Å². The summed E-state index contributed by atoms with van der Waals surface area (Å²) in [5.74, 6) is -2.91. The molecule has 1 rings (SSSR count). The Morgan fingerprint density at radius 3 is 2.37 bits per heavy atom. The van der Waals surface area contributed by atoms with Gasteiger partial charge in [-0.2, -0.15) is 0 Å². The van der Waals surface area contributed by atoms with Gasteiger partial charge < -0.3 is 9.84 Å². The number of carboxylic acid groups (broad SMARTS) is 1. The molecule has 1 atom stereocenters. The first-order valence-electron chi connectivity index (χ1n) is 4.90. The number of ether oxygens (including phenoxy) is 1. The first kappa shape index (κ1) is 15.5. The van der Waals surface area contributed by atoms with E-state index in [1.165, 1.54) is 19.1 Å². The van der Waals surface area contributed by atoms with Crippen LogP contribution in [-0.4, -0.2) is 23.2 Å². The van der Waals surface area contributed by atoms with Crippen LogP contribution in [0.1, 0.15) is 27.7 Å². The van der Waals surface area contributed by atoms with Crippen molar-refractivity contribution in [2.45, 2.75) is 18.1 Å². The molecule has 8 heteroatoms. The second-order valence-corrected chi connectivity index (χ2v) is 4.46.